The van der Waals surface area contributed by atoms with Crippen molar-refractivity contribution in [1.29, 1.82) is 0 Å². The highest BCUT2D eigenvalue weighted by Crippen LogP contribution is 2.15. The number of hydrogen-bond acceptors (Lipinski definition) is 1. The molecule has 4 nitrogen and oxygen atoms in total. The zero-order valence-electron chi connectivity index (χ0n) is 14.3. The SMILES string of the molecule is Cc1cc(C(=O)N2CC[NH+](Cc3ccccc3)CC2)c(C)n1C. The molecular formula is C19H26N3O+. The topological polar surface area (TPSA) is 29.7 Å². The zero-order chi connectivity index (χ0) is 16.4. The Kier molecular flexibility index (Phi) is 4.53. The van der Waals surface area contributed by atoms with Crippen LogP contribution in [0.1, 0.15) is 27.3 Å². The highest BCUT2D eigenvalue weighted by molar-refractivity contribution is 5.95. The average molecular weight is 312 g/mol. The Morgan fingerprint density at radius 1 is 1.13 bits per heavy atom. The van der Waals surface area contributed by atoms with Crippen molar-refractivity contribution in [2.75, 3.05) is 26.2 Å². The van der Waals surface area contributed by atoms with Crippen molar-refractivity contribution < 1.29 is 9.69 Å². The third-order valence-electron chi connectivity index (χ3n) is 5.06. The van der Waals surface area contributed by atoms with Crippen molar-refractivity contribution in [3.05, 3.63) is 58.9 Å². The van der Waals surface area contributed by atoms with Gasteiger partial charge in [0.1, 0.15) is 6.54 Å². The molecule has 1 saturated heterocycles. The van der Waals surface area contributed by atoms with Gasteiger partial charge in [-0.2, -0.15) is 0 Å². The van der Waals surface area contributed by atoms with E-state index in [1.54, 1.807) is 4.90 Å². The van der Waals surface area contributed by atoms with Crippen molar-refractivity contribution in [3.63, 3.8) is 0 Å². The molecule has 1 N–H and O–H groups in total. The van der Waals surface area contributed by atoms with Gasteiger partial charge in [0.25, 0.3) is 5.91 Å². The van der Waals surface area contributed by atoms with Crippen LogP contribution in [-0.2, 0) is 13.6 Å². The minimum Gasteiger partial charge on any atom is -0.351 e. The quantitative estimate of drug-likeness (QED) is 0.906. The Morgan fingerprint density at radius 2 is 1.78 bits per heavy atom. The number of aryl methyl sites for hydroxylation is 1. The predicted molar refractivity (Wildman–Crippen MR) is 91.6 cm³/mol. The van der Waals surface area contributed by atoms with Crippen molar-refractivity contribution >= 4 is 5.91 Å². The third-order valence-corrected chi connectivity index (χ3v) is 5.06. The fraction of sp³-hybridized carbons (Fsp3) is 0.421. The van der Waals surface area contributed by atoms with E-state index in [1.165, 1.54) is 5.56 Å². The van der Waals surface area contributed by atoms with Crippen LogP contribution in [0.2, 0.25) is 0 Å². The van der Waals surface area contributed by atoms with E-state index in [9.17, 15) is 4.79 Å². The lowest BCUT2D eigenvalue weighted by atomic mass is 10.1. The summed E-state index contributed by atoms with van der Waals surface area (Å²) in [5.41, 5.74) is 4.43. The molecule has 0 aliphatic carbocycles. The van der Waals surface area contributed by atoms with E-state index >= 15 is 0 Å². The number of amides is 1. The van der Waals surface area contributed by atoms with Gasteiger partial charge >= 0.3 is 0 Å². The van der Waals surface area contributed by atoms with Gasteiger partial charge in [-0.1, -0.05) is 30.3 Å². The van der Waals surface area contributed by atoms with Crippen LogP contribution >= 0.6 is 0 Å². The van der Waals surface area contributed by atoms with Crippen molar-refractivity contribution in [3.8, 4) is 0 Å². The van der Waals surface area contributed by atoms with E-state index in [0.717, 1.165) is 49.7 Å². The van der Waals surface area contributed by atoms with Crippen LogP contribution in [0.25, 0.3) is 0 Å². The van der Waals surface area contributed by atoms with Gasteiger partial charge in [-0.15, -0.1) is 0 Å². The molecule has 0 atom stereocenters. The molecule has 0 saturated carbocycles. The first kappa shape index (κ1) is 15.8. The van der Waals surface area contributed by atoms with Crippen LogP contribution in [0, 0.1) is 13.8 Å². The minimum absolute atomic E-state index is 0.185. The highest BCUT2D eigenvalue weighted by Gasteiger charge is 2.26. The summed E-state index contributed by atoms with van der Waals surface area (Å²) >= 11 is 0. The van der Waals surface area contributed by atoms with E-state index in [-0.39, 0.29) is 5.91 Å². The fourth-order valence-electron chi connectivity index (χ4n) is 3.33. The molecule has 1 fully saturated rings. The van der Waals surface area contributed by atoms with Gasteiger partial charge in [-0.3, -0.25) is 4.79 Å². The van der Waals surface area contributed by atoms with Crippen molar-refractivity contribution in [1.82, 2.24) is 9.47 Å². The molecule has 0 spiro atoms. The summed E-state index contributed by atoms with van der Waals surface area (Å²) in [5.74, 6) is 0.185. The standard InChI is InChI=1S/C19H25N3O/c1-15-13-18(16(2)20(15)3)19(23)22-11-9-21(10-12-22)14-17-7-5-4-6-8-17/h4-8,13H,9-12,14H2,1-3H3/p+1. The fourth-order valence-corrected chi connectivity index (χ4v) is 3.33. The van der Waals surface area contributed by atoms with E-state index < -0.39 is 0 Å². The number of benzene rings is 1. The Morgan fingerprint density at radius 3 is 2.35 bits per heavy atom. The summed E-state index contributed by atoms with van der Waals surface area (Å²) in [6.45, 7) is 8.84. The summed E-state index contributed by atoms with van der Waals surface area (Å²) in [5, 5.41) is 0. The Labute approximate surface area is 138 Å². The van der Waals surface area contributed by atoms with E-state index in [4.69, 9.17) is 0 Å². The van der Waals surface area contributed by atoms with Gasteiger partial charge in [0, 0.05) is 24.0 Å². The Bertz CT molecular complexity index is 682. The number of nitrogens with zero attached hydrogens (tertiary/aromatic N) is 2. The second-order valence-electron chi connectivity index (χ2n) is 6.55. The lowest BCUT2D eigenvalue weighted by Crippen LogP contribution is -3.13. The maximum atomic E-state index is 12.8. The predicted octanol–water partition coefficient (Wildman–Crippen LogP) is 1.18. The normalized spacial score (nSPS) is 15.9. The van der Waals surface area contributed by atoms with Crippen LogP contribution < -0.4 is 4.90 Å². The maximum Gasteiger partial charge on any atom is 0.256 e. The van der Waals surface area contributed by atoms with Crippen LogP contribution in [0.3, 0.4) is 0 Å². The molecule has 1 aliphatic heterocycles. The molecule has 3 rings (SSSR count). The molecule has 2 heterocycles. The largest absolute Gasteiger partial charge is 0.351 e. The molecule has 0 bridgehead atoms. The number of piperazine rings is 1. The second-order valence-corrected chi connectivity index (χ2v) is 6.55. The number of rotatable bonds is 3. The molecular weight excluding hydrogens is 286 g/mol. The van der Waals surface area contributed by atoms with Crippen molar-refractivity contribution in [2.45, 2.75) is 20.4 Å². The smallest absolute Gasteiger partial charge is 0.256 e. The summed E-state index contributed by atoms with van der Waals surface area (Å²) in [6.07, 6.45) is 0. The molecule has 0 unspecified atom stereocenters. The summed E-state index contributed by atoms with van der Waals surface area (Å²) < 4.78 is 2.09. The average Bonchev–Trinajstić information content (AvgIpc) is 2.83. The Balaban J connectivity index is 1.60. The van der Waals surface area contributed by atoms with Crippen molar-refractivity contribution in [2.24, 2.45) is 7.05 Å². The van der Waals surface area contributed by atoms with E-state index in [0.29, 0.717) is 0 Å². The lowest BCUT2D eigenvalue weighted by Gasteiger charge is -2.32. The first-order valence-corrected chi connectivity index (χ1v) is 8.36. The number of carbonyl (C=O) groups excluding carboxylic acids is 1. The zero-order valence-corrected chi connectivity index (χ0v) is 14.3. The van der Waals surface area contributed by atoms with Crippen LogP contribution in [0.15, 0.2) is 36.4 Å². The van der Waals surface area contributed by atoms with Crippen LogP contribution in [0.4, 0.5) is 0 Å². The molecule has 1 aliphatic rings. The maximum absolute atomic E-state index is 12.8. The molecule has 0 radical (unpaired) electrons. The van der Waals surface area contributed by atoms with E-state index in [2.05, 4.69) is 34.9 Å². The first-order valence-electron chi connectivity index (χ1n) is 8.36. The lowest BCUT2D eigenvalue weighted by molar-refractivity contribution is -0.917. The van der Waals surface area contributed by atoms with Crippen LogP contribution in [-0.4, -0.2) is 41.6 Å². The third kappa shape index (κ3) is 3.32. The van der Waals surface area contributed by atoms with Gasteiger partial charge in [0.2, 0.25) is 0 Å². The molecule has 122 valence electrons. The number of hydrogen-bond donors (Lipinski definition) is 1. The summed E-state index contributed by atoms with van der Waals surface area (Å²) in [7, 11) is 2.02. The number of nitrogens with one attached hydrogen (secondary N) is 1. The number of carbonyl (C=O) groups is 1. The minimum atomic E-state index is 0.185. The highest BCUT2D eigenvalue weighted by atomic mass is 16.2. The number of aromatic nitrogens is 1. The summed E-state index contributed by atoms with van der Waals surface area (Å²) in [6, 6.07) is 12.6. The molecule has 2 aromatic rings. The molecule has 1 amide bonds. The van der Waals surface area contributed by atoms with Crippen LogP contribution in [0.5, 0.6) is 0 Å². The van der Waals surface area contributed by atoms with Gasteiger partial charge in [-0.05, 0) is 19.9 Å². The Hall–Kier alpha value is -2.07. The monoisotopic (exact) mass is 312 g/mol. The molecule has 4 heteroatoms. The van der Waals surface area contributed by atoms with Gasteiger partial charge in [0.05, 0.1) is 31.7 Å². The molecule has 23 heavy (non-hydrogen) atoms. The summed E-state index contributed by atoms with van der Waals surface area (Å²) in [4.78, 5) is 16.3. The van der Waals surface area contributed by atoms with E-state index in [1.807, 2.05) is 31.9 Å². The number of quaternary nitrogens is 1. The first-order chi connectivity index (χ1) is 11.1. The molecule has 1 aromatic carbocycles. The molecule has 1 aromatic heterocycles. The van der Waals surface area contributed by atoms with Gasteiger partial charge in [0.15, 0.2) is 0 Å². The van der Waals surface area contributed by atoms with Gasteiger partial charge in [-0.25, -0.2) is 0 Å². The second kappa shape index (κ2) is 6.59. The van der Waals surface area contributed by atoms with Gasteiger partial charge < -0.3 is 14.4 Å².